The number of fused-ring (bicyclic) bond motifs is 3. The Morgan fingerprint density at radius 2 is 0.544 bits per heavy atom. The van der Waals surface area contributed by atoms with E-state index in [1.807, 2.05) is 0 Å². The Labute approximate surface area is 334 Å². The molecule has 0 heterocycles. The van der Waals surface area contributed by atoms with Gasteiger partial charge in [-0.15, -0.1) is 0 Å². The van der Waals surface area contributed by atoms with Crippen LogP contribution >= 0.6 is 0 Å². The van der Waals surface area contributed by atoms with E-state index in [0.29, 0.717) is 0 Å². The van der Waals surface area contributed by atoms with E-state index in [4.69, 9.17) is 0 Å². The molecule has 0 fully saturated rings. The van der Waals surface area contributed by atoms with Gasteiger partial charge in [0.15, 0.2) is 0 Å². The molecule has 0 unspecified atom stereocenters. The van der Waals surface area contributed by atoms with Crippen molar-refractivity contribution in [2.75, 3.05) is 4.90 Å². The fourth-order valence-corrected chi connectivity index (χ4v) is 8.21. The molecule has 0 aliphatic heterocycles. The lowest BCUT2D eigenvalue weighted by atomic mass is 9.93. The molecule has 0 saturated heterocycles. The van der Waals surface area contributed by atoms with Crippen LogP contribution in [-0.4, -0.2) is 0 Å². The molecule has 1 nitrogen and oxygen atoms in total. The maximum absolute atomic E-state index is 2.36. The minimum Gasteiger partial charge on any atom is -0.311 e. The van der Waals surface area contributed by atoms with Crippen molar-refractivity contribution in [1.29, 1.82) is 0 Å². The molecule has 0 saturated carbocycles. The van der Waals surface area contributed by atoms with Crippen LogP contribution in [0.1, 0.15) is 0 Å². The quantitative estimate of drug-likeness (QED) is 0.141. The standard InChI is InChI=1S/C56H39N/c1-3-13-40(14-4-1)41-23-25-42(26-24-41)43-27-33-48(34-28-43)57(49-35-29-45(30-36-49)52-19-10-9-18-51(52)44-15-5-2-6-16-44)50-37-31-46(32-38-50)56-39-47-17-7-8-20-53(47)54-21-11-12-22-55(54)56/h1-39H. The molecule has 0 spiro atoms. The molecule has 1 heteroatoms. The number of hydrogen-bond donors (Lipinski definition) is 0. The van der Waals surface area contributed by atoms with Crippen molar-refractivity contribution < 1.29 is 0 Å². The maximum atomic E-state index is 2.36. The van der Waals surface area contributed by atoms with Crippen LogP contribution in [0.3, 0.4) is 0 Å². The Morgan fingerprint density at radius 3 is 1.07 bits per heavy atom. The maximum Gasteiger partial charge on any atom is 0.0462 e. The lowest BCUT2D eigenvalue weighted by molar-refractivity contribution is 1.28. The second kappa shape index (κ2) is 15.0. The average Bonchev–Trinajstić information content (AvgIpc) is 3.30. The molecule has 10 aromatic rings. The largest absolute Gasteiger partial charge is 0.311 e. The molecule has 0 N–H and O–H groups in total. The van der Waals surface area contributed by atoms with E-state index in [2.05, 4.69) is 241 Å². The van der Waals surface area contributed by atoms with Crippen LogP contribution in [0.15, 0.2) is 237 Å². The summed E-state index contributed by atoms with van der Waals surface area (Å²) in [6.45, 7) is 0. The zero-order valence-corrected chi connectivity index (χ0v) is 31.5. The van der Waals surface area contributed by atoms with Gasteiger partial charge in [-0.05, 0) is 120 Å². The molecule has 0 bridgehead atoms. The lowest BCUT2D eigenvalue weighted by Gasteiger charge is -2.26. The number of rotatable bonds is 8. The smallest absolute Gasteiger partial charge is 0.0462 e. The predicted molar refractivity (Wildman–Crippen MR) is 243 cm³/mol. The highest BCUT2D eigenvalue weighted by atomic mass is 15.1. The molecule has 0 aliphatic rings. The van der Waals surface area contributed by atoms with Crippen molar-refractivity contribution in [3.05, 3.63) is 237 Å². The van der Waals surface area contributed by atoms with E-state index in [-0.39, 0.29) is 0 Å². The van der Waals surface area contributed by atoms with Crippen molar-refractivity contribution in [2.45, 2.75) is 0 Å². The lowest BCUT2D eigenvalue weighted by Crippen LogP contribution is -2.09. The summed E-state index contributed by atoms with van der Waals surface area (Å²) in [5.74, 6) is 0. The Bertz CT molecular complexity index is 2950. The van der Waals surface area contributed by atoms with Gasteiger partial charge < -0.3 is 4.90 Å². The normalized spacial score (nSPS) is 11.2. The molecule has 0 amide bonds. The third-order valence-corrected chi connectivity index (χ3v) is 11.1. The van der Waals surface area contributed by atoms with Crippen LogP contribution in [0, 0.1) is 0 Å². The molecule has 10 aromatic carbocycles. The summed E-state index contributed by atoms with van der Waals surface area (Å²) in [5, 5.41) is 5.07. The summed E-state index contributed by atoms with van der Waals surface area (Å²) < 4.78 is 0. The summed E-state index contributed by atoms with van der Waals surface area (Å²) in [5.41, 5.74) is 15.4. The molecule has 0 aromatic heterocycles. The van der Waals surface area contributed by atoms with E-state index >= 15 is 0 Å². The Balaban J connectivity index is 1.03. The summed E-state index contributed by atoms with van der Waals surface area (Å²) >= 11 is 0. The van der Waals surface area contributed by atoms with Crippen LogP contribution in [0.2, 0.25) is 0 Å². The van der Waals surface area contributed by atoms with Crippen LogP contribution in [0.5, 0.6) is 0 Å². The van der Waals surface area contributed by atoms with Gasteiger partial charge in [0.25, 0.3) is 0 Å². The third-order valence-electron chi connectivity index (χ3n) is 11.1. The van der Waals surface area contributed by atoms with Crippen LogP contribution in [0.25, 0.3) is 77.2 Å². The zero-order chi connectivity index (χ0) is 38.0. The van der Waals surface area contributed by atoms with Gasteiger partial charge in [0.05, 0.1) is 0 Å². The van der Waals surface area contributed by atoms with Crippen molar-refractivity contribution in [2.24, 2.45) is 0 Å². The molecule has 0 atom stereocenters. The summed E-state index contributed by atoms with van der Waals surface area (Å²) in [4.78, 5) is 2.36. The van der Waals surface area contributed by atoms with Crippen molar-refractivity contribution >= 4 is 38.6 Å². The second-order valence-corrected chi connectivity index (χ2v) is 14.5. The van der Waals surface area contributed by atoms with Gasteiger partial charge in [0.1, 0.15) is 0 Å². The highest BCUT2D eigenvalue weighted by Crippen LogP contribution is 2.41. The second-order valence-electron chi connectivity index (χ2n) is 14.5. The van der Waals surface area contributed by atoms with E-state index in [0.717, 1.165) is 17.1 Å². The van der Waals surface area contributed by atoms with Crippen LogP contribution < -0.4 is 4.90 Å². The zero-order valence-electron chi connectivity index (χ0n) is 31.5. The first kappa shape index (κ1) is 34.0. The molecule has 268 valence electrons. The minimum absolute atomic E-state index is 1.10. The summed E-state index contributed by atoms with van der Waals surface area (Å²) in [6.07, 6.45) is 0. The number of anilines is 3. The Hall–Kier alpha value is -7.48. The highest BCUT2D eigenvalue weighted by Gasteiger charge is 2.16. The molecule has 57 heavy (non-hydrogen) atoms. The fraction of sp³-hybridized carbons (Fsp3) is 0. The SMILES string of the molecule is c1ccc(-c2ccc(-c3ccc(N(c4ccc(-c5ccccc5-c5ccccc5)cc4)c4ccc(-c5cc6ccccc6c6ccccc56)cc4)cc3)cc2)cc1. The first-order valence-electron chi connectivity index (χ1n) is 19.6. The van der Waals surface area contributed by atoms with E-state index in [1.165, 1.54) is 77.2 Å². The van der Waals surface area contributed by atoms with E-state index < -0.39 is 0 Å². The Kier molecular flexibility index (Phi) is 8.95. The van der Waals surface area contributed by atoms with Crippen molar-refractivity contribution in [3.63, 3.8) is 0 Å². The number of benzene rings is 10. The van der Waals surface area contributed by atoms with Crippen LogP contribution in [0.4, 0.5) is 17.1 Å². The van der Waals surface area contributed by atoms with Gasteiger partial charge in [0.2, 0.25) is 0 Å². The van der Waals surface area contributed by atoms with Gasteiger partial charge >= 0.3 is 0 Å². The van der Waals surface area contributed by atoms with Gasteiger partial charge in [0, 0.05) is 17.1 Å². The summed E-state index contributed by atoms with van der Waals surface area (Å²) in [7, 11) is 0. The molecule has 0 aliphatic carbocycles. The molecular weight excluding hydrogens is 687 g/mol. The van der Waals surface area contributed by atoms with Crippen molar-refractivity contribution in [1.82, 2.24) is 0 Å². The monoisotopic (exact) mass is 725 g/mol. The number of nitrogens with zero attached hydrogens (tertiary/aromatic N) is 1. The van der Waals surface area contributed by atoms with Crippen molar-refractivity contribution in [3.8, 4) is 55.6 Å². The summed E-state index contributed by atoms with van der Waals surface area (Å²) in [6, 6.07) is 85.5. The predicted octanol–water partition coefficient (Wildman–Crippen LogP) is 15.8. The first-order valence-corrected chi connectivity index (χ1v) is 19.6. The van der Waals surface area contributed by atoms with Crippen LogP contribution in [-0.2, 0) is 0 Å². The first-order chi connectivity index (χ1) is 28.3. The topological polar surface area (TPSA) is 3.24 Å². The Morgan fingerprint density at radius 1 is 0.211 bits per heavy atom. The fourth-order valence-electron chi connectivity index (χ4n) is 8.21. The third kappa shape index (κ3) is 6.66. The van der Waals surface area contributed by atoms with Gasteiger partial charge in [-0.25, -0.2) is 0 Å². The van der Waals surface area contributed by atoms with Gasteiger partial charge in [-0.3, -0.25) is 0 Å². The van der Waals surface area contributed by atoms with E-state index in [1.54, 1.807) is 0 Å². The van der Waals surface area contributed by atoms with E-state index in [9.17, 15) is 0 Å². The van der Waals surface area contributed by atoms with Gasteiger partial charge in [-0.1, -0.05) is 194 Å². The number of hydrogen-bond acceptors (Lipinski definition) is 1. The molecule has 0 radical (unpaired) electrons. The molecular formula is C56H39N. The van der Waals surface area contributed by atoms with Gasteiger partial charge in [-0.2, -0.15) is 0 Å². The highest BCUT2D eigenvalue weighted by molar-refractivity contribution is 6.13. The molecule has 10 rings (SSSR count). The average molecular weight is 726 g/mol. The minimum atomic E-state index is 1.10.